The lowest BCUT2D eigenvalue weighted by molar-refractivity contribution is 0.199. The average molecular weight is 304 g/mol. The molecule has 0 unspecified atom stereocenters. The number of anilines is 1. The quantitative estimate of drug-likeness (QED) is 0.924. The van der Waals surface area contributed by atoms with Gasteiger partial charge in [0.15, 0.2) is 0 Å². The molecule has 0 radical (unpaired) electrons. The summed E-state index contributed by atoms with van der Waals surface area (Å²) in [5.74, 6) is 0.892. The number of hydrogen-bond donors (Lipinski definition) is 1. The van der Waals surface area contributed by atoms with Gasteiger partial charge in [0, 0.05) is 35.4 Å². The number of piperidine rings is 1. The van der Waals surface area contributed by atoms with Gasteiger partial charge in [-0.05, 0) is 56.1 Å². The average Bonchev–Trinajstić information content (AvgIpc) is 2.49. The zero-order valence-electron chi connectivity index (χ0n) is 12.5. The molecule has 2 aromatic rings. The molecule has 2 heterocycles. The first-order valence-electron chi connectivity index (χ1n) is 7.73. The number of fused-ring (bicyclic) bond motifs is 1. The van der Waals surface area contributed by atoms with Gasteiger partial charge in [-0.1, -0.05) is 18.5 Å². The van der Waals surface area contributed by atoms with Gasteiger partial charge in [-0.3, -0.25) is 4.98 Å². The third-order valence-electron chi connectivity index (χ3n) is 4.32. The maximum Gasteiger partial charge on any atom is 0.0737 e. The van der Waals surface area contributed by atoms with Crippen LogP contribution in [-0.2, 0) is 0 Å². The van der Waals surface area contributed by atoms with E-state index in [2.05, 4.69) is 22.1 Å². The highest BCUT2D eigenvalue weighted by atomic mass is 35.5. The van der Waals surface area contributed by atoms with Gasteiger partial charge in [-0.15, -0.1) is 0 Å². The topological polar surface area (TPSA) is 28.2 Å². The van der Waals surface area contributed by atoms with Crippen LogP contribution in [0.1, 0.15) is 19.8 Å². The predicted molar refractivity (Wildman–Crippen MR) is 90.1 cm³/mol. The highest BCUT2D eigenvalue weighted by Gasteiger charge is 2.14. The van der Waals surface area contributed by atoms with Gasteiger partial charge in [-0.2, -0.15) is 0 Å². The first-order valence-corrected chi connectivity index (χ1v) is 8.10. The van der Waals surface area contributed by atoms with Crippen molar-refractivity contribution in [3.8, 4) is 0 Å². The van der Waals surface area contributed by atoms with Crippen molar-refractivity contribution < 1.29 is 0 Å². The number of pyridine rings is 1. The lowest BCUT2D eigenvalue weighted by Crippen LogP contribution is -2.36. The Labute approximate surface area is 131 Å². The molecule has 1 fully saturated rings. The molecule has 1 aromatic heterocycles. The maximum absolute atomic E-state index is 6.02. The van der Waals surface area contributed by atoms with E-state index in [1.165, 1.54) is 25.9 Å². The lowest BCUT2D eigenvalue weighted by atomic mass is 9.99. The van der Waals surface area contributed by atoms with Crippen molar-refractivity contribution in [2.75, 3.05) is 31.5 Å². The minimum Gasteiger partial charge on any atom is -0.383 e. The van der Waals surface area contributed by atoms with Crippen molar-refractivity contribution in [1.82, 2.24) is 9.88 Å². The second-order valence-electron chi connectivity index (χ2n) is 5.97. The Kier molecular flexibility index (Phi) is 4.61. The van der Waals surface area contributed by atoms with E-state index in [9.17, 15) is 0 Å². The van der Waals surface area contributed by atoms with Crippen LogP contribution in [0.3, 0.4) is 0 Å². The van der Waals surface area contributed by atoms with Crippen molar-refractivity contribution in [3.05, 3.63) is 35.5 Å². The molecule has 0 aliphatic carbocycles. The van der Waals surface area contributed by atoms with Crippen LogP contribution in [0, 0.1) is 5.92 Å². The molecule has 21 heavy (non-hydrogen) atoms. The van der Waals surface area contributed by atoms with Gasteiger partial charge >= 0.3 is 0 Å². The van der Waals surface area contributed by atoms with E-state index in [1.807, 2.05) is 30.5 Å². The highest BCUT2D eigenvalue weighted by molar-refractivity contribution is 6.31. The lowest BCUT2D eigenvalue weighted by Gasteiger charge is -2.30. The van der Waals surface area contributed by atoms with Gasteiger partial charge in [0.25, 0.3) is 0 Å². The van der Waals surface area contributed by atoms with E-state index in [-0.39, 0.29) is 0 Å². The summed E-state index contributed by atoms with van der Waals surface area (Å²) < 4.78 is 0. The van der Waals surface area contributed by atoms with E-state index in [4.69, 9.17) is 11.6 Å². The number of benzene rings is 1. The van der Waals surface area contributed by atoms with Gasteiger partial charge in [0.05, 0.1) is 5.52 Å². The van der Waals surface area contributed by atoms with Crippen molar-refractivity contribution in [2.45, 2.75) is 19.8 Å². The van der Waals surface area contributed by atoms with E-state index in [0.29, 0.717) is 0 Å². The number of likely N-dealkylation sites (tertiary alicyclic amines) is 1. The van der Waals surface area contributed by atoms with Crippen molar-refractivity contribution in [3.63, 3.8) is 0 Å². The largest absolute Gasteiger partial charge is 0.383 e. The maximum atomic E-state index is 6.02. The molecule has 1 aliphatic rings. The van der Waals surface area contributed by atoms with Crippen molar-refractivity contribution >= 4 is 28.2 Å². The van der Waals surface area contributed by atoms with Gasteiger partial charge in [-0.25, -0.2) is 0 Å². The van der Waals surface area contributed by atoms with E-state index in [0.717, 1.165) is 40.6 Å². The fraction of sp³-hybridized carbons (Fsp3) is 0.471. The molecule has 0 amide bonds. The molecule has 112 valence electrons. The molecule has 0 saturated carbocycles. The summed E-state index contributed by atoms with van der Waals surface area (Å²) in [6.45, 7) is 6.88. The minimum atomic E-state index is 0.731. The smallest absolute Gasteiger partial charge is 0.0737 e. The van der Waals surface area contributed by atoms with Crippen LogP contribution in [0.4, 0.5) is 5.69 Å². The number of halogens is 1. The molecule has 1 N–H and O–H groups in total. The second-order valence-corrected chi connectivity index (χ2v) is 6.41. The SMILES string of the molecule is CC1CCN(CCNc2ccnc3cc(Cl)ccc23)CC1. The Hall–Kier alpha value is -1.32. The number of nitrogens with one attached hydrogen (secondary N) is 1. The zero-order chi connectivity index (χ0) is 14.7. The number of hydrogen-bond acceptors (Lipinski definition) is 3. The van der Waals surface area contributed by atoms with E-state index >= 15 is 0 Å². The summed E-state index contributed by atoms with van der Waals surface area (Å²) in [7, 11) is 0. The Morgan fingerprint density at radius 2 is 2.10 bits per heavy atom. The monoisotopic (exact) mass is 303 g/mol. The van der Waals surface area contributed by atoms with Crippen LogP contribution < -0.4 is 5.32 Å². The Balaban J connectivity index is 1.60. The van der Waals surface area contributed by atoms with Crippen LogP contribution in [0.2, 0.25) is 5.02 Å². The van der Waals surface area contributed by atoms with Crippen molar-refractivity contribution in [2.24, 2.45) is 5.92 Å². The van der Waals surface area contributed by atoms with Crippen LogP contribution in [0.5, 0.6) is 0 Å². The molecule has 1 saturated heterocycles. The summed E-state index contributed by atoms with van der Waals surface area (Å²) >= 11 is 6.02. The molecule has 4 heteroatoms. The first-order chi connectivity index (χ1) is 10.2. The van der Waals surface area contributed by atoms with Crippen molar-refractivity contribution in [1.29, 1.82) is 0 Å². The third-order valence-corrected chi connectivity index (χ3v) is 4.56. The fourth-order valence-corrected chi connectivity index (χ4v) is 3.08. The third kappa shape index (κ3) is 3.66. The zero-order valence-corrected chi connectivity index (χ0v) is 13.2. The number of nitrogens with zero attached hydrogens (tertiary/aromatic N) is 2. The fourth-order valence-electron chi connectivity index (χ4n) is 2.91. The molecular weight excluding hydrogens is 282 g/mol. The Bertz CT molecular complexity index is 606. The normalized spacial score (nSPS) is 17.2. The minimum absolute atomic E-state index is 0.731. The molecular formula is C17H22ClN3. The molecule has 0 spiro atoms. The van der Waals surface area contributed by atoms with Gasteiger partial charge < -0.3 is 10.2 Å². The highest BCUT2D eigenvalue weighted by Crippen LogP contribution is 2.24. The Morgan fingerprint density at radius 3 is 2.90 bits per heavy atom. The molecule has 3 nitrogen and oxygen atoms in total. The first kappa shape index (κ1) is 14.6. The van der Waals surface area contributed by atoms with Crippen LogP contribution in [0.15, 0.2) is 30.5 Å². The summed E-state index contributed by atoms with van der Waals surface area (Å²) in [6, 6.07) is 7.90. The standard InChI is InChI=1S/C17H22ClN3/c1-13-5-9-21(10-6-13)11-8-20-16-4-7-19-17-12-14(18)2-3-15(16)17/h2-4,7,12-13H,5-6,8-11H2,1H3,(H,19,20). The molecule has 0 bridgehead atoms. The molecule has 3 rings (SSSR count). The van der Waals surface area contributed by atoms with Crippen LogP contribution in [0.25, 0.3) is 10.9 Å². The Morgan fingerprint density at radius 1 is 1.29 bits per heavy atom. The summed E-state index contributed by atoms with van der Waals surface area (Å²) in [5, 5.41) is 5.41. The van der Waals surface area contributed by atoms with E-state index in [1.54, 1.807) is 0 Å². The summed E-state index contributed by atoms with van der Waals surface area (Å²) in [6.07, 6.45) is 4.50. The molecule has 0 atom stereocenters. The van der Waals surface area contributed by atoms with E-state index < -0.39 is 0 Å². The van der Waals surface area contributed by atoms with Crippen LogP contribution in [-0.4, -0.2) is 36.1 Å². The van der Waals surface area contributed by atoms with Gasteiger partial charge in [0.1, 0.15) is 0 Å². The predicted octanol–water partition coefficient (Wildman–Crippen LogP) is 4.03. The summed E-state index contributed by atoms with van der Waals surface area (Å²) in [4.78, 5) is 6.92. The molecule has 1 aliphatic heterocycles. The van der Waals surface area contributed by atoms with Gasteiger partial charge in [0.2, 0.25) is 0 Å². The molecule has 1 aromatic carbocycles. The van der Waals surface area contributed by atoms with Crippen LogP contribution >= 0.6 is 11.6 Å². The summed E-state index contributed by atoms with van der Waals surface area (Å²) in [5.41, 5.74) is 2.08. The number of aromatic nitrogens is 1. The number of rotatable bonds is 4. The second kappa shape index (κ2) is 6.63.